The van der Waals surface area contributed by atoms with E-state index in [-0.39, 0.29) is 6.10 Å². The summed E-state index contributed by atoms with van der Waals surface area (Å²) in [4.78, 5) is 1.27. The largest absolute Gasteiger partial charge is 0.467 e. The third-order valence-corrected chi connectivity index (χ3v) is 4.09. The molecule has 1 aliphatic heterocycles. The standard InChI is InChI=1S/C14H13NOS2/c1-9-7-10-4-5-11(13-3-2-6-18-13)8-12(10)15-14(17)16-9/h2-6,8-9H,7H2,1H3,(H,15,17). The fourth-order valence-corrected chi connectivity index (χ4v) is 3.14. The molecule has 92 valence electrons. The molecule has 0 radical (unpaired) electrons. The number of benzene rings is 1. The maximum absolute atomic E-state index is 5.55. The average molecular weight is 275 g/mol. The number of thiocarbonyl (C=S) groups is 1. The topological polar surface area (TPSA) is 21.3 Å². The van der Waals surface area contributed by atoms with Crippen molar-refractivity contribution in [2.24, 2.45) is 0 Å². The fraction of sp³-hybridized carbons (Fsp3) is 0.214. The number of thiophene rings is 1. The molecule has 1 atom stereocenters. The van der Waals surface area contributed by atoms with Crippen LogP contribution in [0.15, 0.2) is 35.7 Å². The van der Waals surface area contributed by atoms with E-state index in [9.17, 15) is 0 Å². The van der Waals surface area contributed by atoms with Gasteiger partial charge in [0.25, 0.3) is 5.17 Å². The molecular weight excluding hydrogens is 262 g/mol. The van der Waals surface area contributed by atoms with E-state index >= 15 is 0 Å². The van der Waals surface area contributed by atoms with Crippen LogP contribution in [-0.4, -0.2) is 11.3 Å². The van der Waals surface area contributed by atoms with Crippen LogP contribution in [0.3, 0.4) is 0 Å². The van der Waals surface area contributed by atoms with E-state index in [1.54, 1.807) is 11.3 Å². The van der Waals surface area contributed by atoms with Gasteiger partial charge in [0.1, 0.15) is 6.10 Å². The van der Waals surface area contributed by atoms with Gasteiger partial charge in [-0.1, -0.05) is 18.2 Å². The summed E-state index contributed by atoms with van der Waals surface area (Å²) in [6.45, 7) is 2.04. The molecule has 4 heteroatoms. The van der Waals surface area contributed by atoms with E-state index in [0.717, 1.165) is 12.1 Å². The van der Waals surface area contributed by atoms with Crippen LogP contribution in [0.1, 0.15) is 12.5 Å². The monoisotopic (exact) mass is 275 g/mol. The lowest BCUT2D eigenvalue weighted by Gasteiger charge is -2.09. The van der Waals surface area contributed by atoms with Crippen molar-refractivity contribution < 1.29 is 4.74 Å². The van der Waals surface area contributed by atoms with Gasteiger partial charge in [0.05, 0.1) is 0 Å². The zero-order chi connectivity index (χ0) is 12.5. The predicted molar refractivity (Wildman–Crippen MR) is 80.2 cm³/mol. The Morgan fingerprint density at radius 1 is 1.39 bits per heavy atom. The van der Waals surface area contributed by atoms with Gasteiger partial charge in [-0.25, -0.2) is 0 Å². The number of rotatable bonds is 1. The van der Waals surface area contributed by atoms with Crippen LogP contribution in [0, 0.1) is 0 Å². The number of nitrogens with one attached hydrogen (secondary N) is 1. The molecule has 0 bridgehead atoms. The highest BCUT2D eigenvalue weighted by atomic mass is 32.1. The highest BCUT2D eigenvalue weighted by molar-refractivity contribution is 7.80. The Morgan fingerprint density at radius 2 is 2.28 bits per heavy atom. The average Bonchev–Trinajstić information content (AvgIpc) is 2.80. The summed E-state index contributed by atoms with van der Waals surface area (Å²) in [5, 5.41) is 5.72. The summed E-state index contributed by atoms with van der Waals surface area (Å²) in [5.41, 5.74) is 3.53. The lowest BCUT2D eigenvalue weighted by atomic mass is 10.0. The van der Waals surface area contributed by atoms with E-state index in [1.165, 1.54) is 16.0 Å². The Morgan fingerprint density at radius 3 is 3.06 bits per heavy atom. The molecule has 0 saturated heterocycles. The zero-order valence-corrected chi connectivity index (χ0v) is 11.6. The second-order valence-electron chi connectivity index (χ2n) is 4.39. The van der Waals surface area contributed by atoms with Crippen molar-refractivity contribution in [1.82, 2.24) is 0 Å². The number of anilines is 1. The van der Waals surface area contributed by atoms with E-state index in [4.69, 9.17) is 17.0 Å². The summed E-state index contributed by atoms with van der Waals surface area (Å²) < 4.78 is 5.55. The highest BCUT2D eigenvalue weighted by Gasteiger charge is 2.17. The van der Waals surface area contributed by atoms with E-state index in [2.05, 4.69) is 41.0 Å². The number of ether oxygens (including phenoxy) is 1. The van der Waals surface area contributed by atoms with Crippen molar-refractivity contribution in [2.75, 3.05) is 5.32 Å². The minimum absolute atomic E-state index is 0.124. The Labute approximate surface area is 116 Å². The van der Waals surface area contributed by atoms with Crippen LogP contribution in [0.4, 0.5) is 5.69 Å². The van der Waals surface area contributed by atoms with Crippen LogP contribution in [-0.2, 0) is 11.2 Å². The molecule has 0 fully saturated rings. The number of hydrogen-bond acceptors (Lipinski definition) is 3. The minimum atomic E-state index is 0.124. The van der Waals surface area contributed by atoms with Gasteiger partial charge in [-0.05, 0) is 47.8 Å². The first kappa shape index (κ1) is 11.7. The lowest BCUT2D eigenvalue weighted by Crippen LogP contribution is -2.16. The van der Waals surface area contributed by atoms with E-state index in [1.807, 2.05) is 6.92 Å². The van der Waals surface area contributed by atoms with Gasteiger partial charge in [-0.2, -0.15) is 0 Å². The molecule has 0 aliphatic carbocycles. The van der Waals surface area contributed by atoms with Gasteiger partial charge >= 0.3 is 0 Å². The SMILES string of the molecule is CC1Cc2ccc(-c3cccs3)cc2NC(=S)O1. The highest BCUT2D eigenvalue weighted by Crippen LogP contribution is 2.31. The summed E-state index contributed by atoms with van der Waals surface area (Å²) in [7, 11) is 0. The molecule has 1 N–H and O–H groups in total. The van der Waals surface area contributed by atoms with E-state index in [0.29, 0.717) is 5.17 Å². The summed E-state index contributed by atoms with van der Waals surface area (Å²) in [6.07, 6.45) is 1.01. The lowest BCUT2D eigenvalue weighted by molar-refractivity contribution is 0.217. The normalized spacial score (nSPS) is 18.5. The van der Waals surface area contributed by atoms with Crippen molar-refractivity contribution in [3.8, 4) is 10.4 Å². The Kier molecular flexibility index (Phi) is 3.06. The number of fused-ring (bicyclic) bond motifs is 1. The van der Waals surface area contributed by atoms with Gasteiger partial charge < -0.3 is 10.1 Å². The smallest absolute Gasteiger partial charge is 0.261 e. The fourth-order valence-electron chi connectivity index (χ4n) is 2.14. The molecule has 2 aromatic rings. The van der Waals surface area contributed by atoms with Gasteiger partial charge in [0, 0.05) is 17.0 Å². The second-order valence-corrected chi connectivity index (χ2v) is 5.71. The third kappa shape index (κ3) is 2.26. The molecule has 1 unspecified atom stereocenters. The molecule has 2 nitrogen and oxygen atoms in total. The Hall–Kier alpha value is -1.39. The van der Waals surface area contributed by atoms with Crippen molar-refractivity contribution in [3.05, 3.63) is 41.3 Å². The third-order valence-electron chi connectivity index (χ3n) is 2.97. The summed E-state index contributed by atoms with van der Waals surface area (Å²) >= 11 is 6.90. The second kappa shape index (κ2) is 4.71. The van der Waals surface area contributed by atoms with E-state index < -0.39 is 0 Å². The molecule has 3 rings (SSSR count). The molecule has 0 spiro atoms. The van der Waals surface area contributed by atoms with Crippen LogP contribution < -0.4 is 5.32 Å². The molecule has 2 heterocycles. The quantitative estimate of drug-likeness (QED) is 0.793. The first-order chi connectivity index (χ1) is 8.72. The maximum Gasteiger partial charge on any atom is 0.261 e. The van der Waals surface area contributed by atoms with Gasteiger partial charge in [0.2, 0.25) is 0 Å². The Balaban J connectivity index is 2.02. The molecule has 1 aromatic heterocycles. The summed E-state index contributed by atoms with van der Waals surface area (Å²) in [6, 6.07) is 10.7. The molecular formula is C14H13NOS2. The molecule has 18 heavy (non-hydrogen) atoms. The van der Waals surface area contributed by atoms with Crippen LogP contribution >= 0.6 is 23.6 Å². The van der Waals surface area contributed by atoms with Crippen LogP contribution in [0.25, 0.3) is 10.4 Å². The maximum atomic E-state index is 5.55. The van der Waals surface area contributed by atoms with Crippen molar-refractivity contribution in [1.29, 1.82) is 0 Å². The zero-order valence-electron chi connectivity index (χ0n) is 9.97. The van der Waals surface area contributed by atoms with Crippen LogP contribution in [0.2, 0.25) is 0 Å². The van der Waals surface area contributed by atoms with Crippen molar-refractivity contribution in [2.45, 2.75) is 19.4 Å². The molecule has 0 saturated carbocycles. The Bertz CT molecular complexity index is 577. The first-order valence-electron chi connectivity index (χ1n) is 5.87. The minimum Gasteiger partial charge on any atom is -0.467 e. The first-order valence-corrected chi connectivity index (χ1v) is 7.15. The molecule has 1 aromatic carbocycles. The van der Waals surface area contributed by atoms with Gasteiger partial charge in [-0.3, -0.25) is 0 Å². The predicted octanol–water partition coefficient (Wildman–Crippen LogP) is 4.07. The van der Waals surface area contributed by atoms with Crippen LogP contribution in [0.5, 0.6) is 0 Å². The van der Waals surface area contributed by atoms with Crippen molar-refractivity contribution in [3.63, 3.8) is 0 Å². The number of hydrogen-bond donors (Lipinski definition) is 1. The van der Waals surface area contributed by atoms with Gasteiger partial charge in [-0.15, -0.1) is 11.3 Å². The summed E-state index contributed by atoms with van der Waals surface area (Å²) in [5.74, 6) is 0. The molecule has 0 amide bonds. The van der Waals surface area contributed by atoms with Gasteiger partial charge in [0.15, 0.2) is 0 Å². The van der Waals surface area contributed by atoms with Crippen molar-refractivity contribution >= 4 is 34.4 Å². The molecule has 1 aliphatic rings.